The predicted octanol–water partition coefficient (Wildman–Crippen LogP) is 2.74. The van der Waals surface area contributed by atoms with Crippen LogP contribution in [-0.2, 0) is 6.61 Å². The largest absolute Gasteiger partial charge is 0.488 e. The lowest BCUT2D eigenvalue weighted by Gasteiger charge is -2.07. The van der Waals surface area contributed by atoms with Gasteiger partial charge in [0.05, 0.1) is 10.4 Å². The van der Waals surface area contributed by atoms with Gasteiger partial charge in [0.15, 0.2) is 0 Å². The molecule has 4 heteroatoms. The summed E-state index contributed by atoms with van der Waals surface area (Å²) in [4.78, 5) is 5.12. The maximum atomic E-state index is 5.77. The van der Waals surface area contributed by atoms with Gasteiger partial charge in [0, 0.05) is 12.2 Å². The zero-order valence-corrected chi connectivity index (χ0v) is 9.91. The SMILES string of the molecule is C[C@@H](N)c1ccc(OCc2cncs2)cc1. The first-order valence-electron chi connectivity index (χ1n) is 5.11. The molecule has 0 saturated carbocycles. The third-order valence-corrected chi connectivity index (χ3v) is 3.02. The summed E-state index contributed by atoms with van der Waals surface area (Å²) in [5.41, 5.74) is 8.69. The monoisotopic (exact) mass is 234 g/mol. The Morgan fingerprint density at radius 1 is 1.38 bits per heavy atom. The fourth-order valence-corrected chi connectivity index (χ4v) is 1.84. The molecule has 0 fully saturated rings. The Morgan fingerprint density at radius 2 is 2.12 bits per heavy atom. The first-order chi connectivity index (χ1) is 7.75. The zero-order valence-electron chi connectivity index (χ0n) is 9.09. The molecule has 0 unspecified atom stereocenters. The Kier molecular flexibility index (Phi) is 3.54. The fourth-order valence-electron chi connectivity index (χ4n) is 1.34. The molecule has 0 aliphatic carbocycles. The molecule has 1 heterocycles. The Labute approximate surface area is 98.9 Å². The number of aromatic nitrogens is 1. The zero-order chi connectivity index (χ0) is 11.4. The van der Waals surface area contributed by atoms with Crippen molar-refractivity contribution in [3.8, 4) is 5.75 Å². The highest BCUT2D eigenvalue weighted by molar-refractivity contribution is 7.09. The van der Waals surface area contributed by atoms with Crippen LogP contribution in [0.25, 0.3) is 0 Å². The molecule has 1 atom stereocenters. The van der Waals surface area contributed by atoms with E-state index in [4.69, 9.17) is 10.5 Å². The molecule has 16 heavy (non-hydrogen) atoms. The average molecular weight is 234 g/mol. The van der Waals surface area contributed by atoms with E-state index in [2.05, 4.69) is 4.98 Å². The van der Waals surface area contributed by atoms with Crippen LogP contribution < -0.4 is 10.5 Å². The average Bonchev–Trinajstić information content (AvgIpc) is 2.80. The molecule has 0 amide bonds. The highest BCUT2D eigenvalue weighted by Gasteiger charge is 2.00. The molecule has 0 aliphatic rings. The molecule has 1 aromatic heterocycles. The molecule has 84 valence electrons. The van der Waals surface area contributed by atoms with Crippen LogP contribution in [0.5, 0.6) is 5.75 Å². The van der Waals surface area contributed by atoms with Crippen molar-refractivity contribution in [3.05, 3.63) is 46.4 Å². The van der Waals surface area contributed by atoms with Crippen molar-refractivity contribution in [2.24, 2.45) is 5.73 Å². The molecule has 2 rings (SSSR count). The van der Waals surface area contributed by atoms with E-state index in [0.717, 1.165) is 16.2 Å². The van der Waals surface area contributed by atoms with Crippen molar-refractivity contribution >= 4 is 11.3 Å². The summed E-state index contributed by atoms with van der Waals surface area (Å²) in [5.74, 6) is 0.859. The van der Waals surface area contributed by atoms with Crippen LogP contribution in [0.2, 0.25) is 0 Å². The standard InChI is InChI=1S/C12H14N2OS/c1-9(13)10-2-4-11(5-3-10)15-7-12-6-14-8-16-12/h2-6,8-9H,7,13H2,1H3/t9-/m1/s1. The molecule has 0 saturated heterocycles. The Morgan fingerprint density at radius 3 is 2.69 bits per heavy atom. The summed E-state index contributed by atoms with van der Waals surface area (Å²) in [7, 11) is 0. The summed E-state index contributed by atoms with van der Waals surface area (Å²) >= 11 is 1.59. The normalized spacial score (nSPS) is 12.4. The van der Waals surface area contributed by atoms with Gasteiger partial charge in [-0.05, 0) is 24.6 Å². The third-order valence-electron chi connectivity index (χ3n) is 2.27. The molecule has 3 nitrogen and oxygen atoms in total. The second-order valence-corrected chi connectivity index (χ2v) is 4.59. The number of ether oxygens (including phenoxy) is 1. The van der Waals surface area contributed by atoms with Gasteiger partial charge in [0.1, 0.15) is 12.4 Å². The second-order valence-electron chi connectivity index (χ2n) is 3.61. The smallest absolute Gasteiger partial charge is 0.124 e. The van der Waals surface area contributed by atoms with Crippen molar-refractivity contribution < 1.29 is 4.74 Å². The second kappa shape index (κ2) is 5.09. The van der Waals surface area contributed by atoms with E-state index in [1.807, 2.05) is 37.4 Å². The third kappa shape index (κ3) is 2.81. The molecular weight excluding hydrogens is 220 g/mol. The van der Waals surface area contributed by atoms with E-state index in [0.29, 0.717) is 6.61 Å². The van der Waals surface area contributed by atoms with Crippen molar-refractivity contribution in [2.45, 2.75) is 19.6 Å². The van der Waals surface area contributed by atoms with Crippen LogP contribution in [0.15, 0.2) is 36.0 Å². The lowest BCUT2D eigenvalue weighted by atomic mass is 10.1. The van der Waals surface area contributed by atoms with E-state index in [-0.39, 0.29) is 6.04 Å². The maximum absolute atomic E-state index is 5.77. The van der Waals surface area contributed by atoms with E-state index in [9.17, 15) is 0 Å². The quantitative estimate of drug-likeness (QED) is 0.884. The molecular formula is C12H14N2OS. The maximum Gasteiger partial charge on any atom is 0.124 e. The van der Waals surface area contributed by atoms with Crippen molar-refractivity contribution in [1.82, 2.24) is 4.98 Å². The van der Waals surface area contributed by atoms with E-state index >= 15 is 0 Å². The van der Waals surface area contributed by atoms with Gasteiger partial charge in [-0.1, -0.05) is 12.1 Å². The molecule has 2 N–H and O–H groups in total. The summed E-state index contributed by atoms with van der Waals surface area (Å²) < 4.78 is 5.61. The predicted molar refractivity (Wildman–Crippen MR) is 65.5 cm³/mol. The van der Waals surface area contributed by atoms with Gasteiger partial charge in [0.25, 0.3) is 0 Å². The van der Waals surface area contributed by atoms with Gasteiger partial charge in [-0.25, -0.2) is 0 Å². The Balaban J connectivity index is 1.95. The number of nitrogens with two attached hydrogens (primary N) is 1. The van der Waals surface area contributed by atoms with Gasteiger partial charge < -0.3 is 10.5 Å². The minimum atomic E-state index is 0.0653. The Hall–Kier alpha value is -1.39. The number of nitrogens with zero attached hydrogens (tertiary/aromatic N) is 1. The van der Waals surface area contributed by atoms with Crippen LogP contribution in [0, 0.1) is 0 Å². The lowest BCUT2D eigenvalue weighted by molar-refractivity contribution is 0.309. The first-order valence-corrected chi connectivity index (χ1v) is 5.99. The number of thiazole rings is 1. The lowest BCUT2D eigenvalue weighted by Crippen LogP contribution is -2.04. The molecule has 0 aliphatic heterocycles. The van der Waals surface area contributed by atoms with E-state index in [1.54, 1.807) is 16.8 Å². The number of rotatable bonds is 4. The Bertz CT molecular complexity index is 423. The van der Waals surface area contributed by atoms with Crippen LogP contribution in [0.1, 0.15) is 23.4 Å². The highest BCUT2D eigenvalue weighted by atomic mass is 32.1. The first kappa shape index (κ1) is 11.1. The van der Waals surface area contributed by atoms with Crippen molar-refractivity contribution in [3.63, 3.8) is 0 Å². The topological polar surface area (TPSA) is 48.1 Å². The fraction of sp³-hybridized carbons (Fsp3) is 0.250. The minimum Gasteiger partial charge on any atom is -0.488 e. The summed E-state index contributed by atoms with van der Waals surface area (Å²) in [6, 6.07) is 7.94. The van der Waals surface area contributed by atoms with Gasteiger partial charge in [-0.15, -0.1) is 11.3 Å². The molecule has 0 radical (unpaired) electrons. The van der Waals surface area contributed by atoms with Crippen LogP contribution in [0.4, 0.5) is 0 Å². The van der Waals surface area contributed by atoms with Crippen LogP contribution in [0.3, 0.4) is 0 Å². The van der Waals surface area contributed by atoms with Gasteiger partial charge in [0.2, 0.25) is 0 Å². The van der Waals surface area contributed by atoms with Crippen LogP contribution in [-0.4, -0.2) is 4.98 Å². The minimum absolute atomic E-state index is 0.0653. The van der Waals surface area contributed by atoms with Gasteiger partial charge >= 0.3 is 0 Å². The molecule has 2 aromatic rings. The number of benzene rings is 1. The van der Waals surface area contributed by atoms with Crippen LogP contribution >= 0.6 is 11.3 Å². The van der Waals surface area contributed by atoms with Gasteiger partial charge in [-0.2, -0.15) is 0 Å². The highest BCUT2D eigenvalue weighted by Crippen LogP contribution is 2.17. The summed E-state index contributed by atoms with van der Waals surface area (Å²) in [6.07, 6.45) is 1.82. The molecule has 0 spiro atoms. The van der Waals surface area contributed by atoms with Gasteiger partial charge in [-0.3, -0.25) is 4.98 Å². The number of hydrogen-bond donors (Lipinski definition) is 1. The summed E-state index contributed by atoms with van der Waals surface area (Å²) in [5, 5.41) is 0. The number of hydrogen-bond acceptors (Lipinski definition) is 4. The molecule has 1 aromatic carbocycles. The van der Waals surface area contributed by atoms with Crippen molar-refractivity contribution in [2.75, 3.05) is 0 Å². The summed E-state index contributed by atoms with van der Waals surface area (Å²) in [6.45, 7) is 2.54. The molecule has 0 bridgehead atoms. The van der Waals surface area contributed by atoms with E-state index in [1.165, 1.54) is 0 Å². The van der Waals surface area contributed by atoms with E-state index < -0.39 is 0 Å². The van der Waals surface area contributed by atoms with Crippen molar-refractivity contribution in [1.29, 1.82) is 0 Å².